The van der Waals surface area contributed by atoms with Gasteiger partial charge in [-0.1, -0.05) is 17.9 Å². The second-order valence-electron chi connectivity index (χ2n) is 15.8. The molecule has 4 atom stereocenters. The summed E-state index contributed by atoms with van der Waals surface area (Å²) in [5, 5.41) is 11.2. The minimum absolute atomic E-state index is 0.159. The topological polar surface area (TPSA) is 211 Å². The summed E-state index contributed by atoms with van der Waals surface area (Å²) in [4.78, 5) is 88.3. The number of carbonyl (C=O) groups excluding carboxylic acids is 4. The molecule has 0 radical (unpaired) electrons. The lowest BCUT2D eigenvalue weighted by molar-refractivity contribution is -0.135. The Morgan fingerprint density at radius 2 is 1.81 bits per heavy atom. The number of nitrogens with zero attached hydrogens (tertiary/aromatic N) is 7. The fraction of sp³-hybridized carbons (Fsp3) is 0.349. The number of aromatic nitrogens is 6. The first kappa shape index (κ1) is 39.9. The third-order valence-corrected chi connectivity index (χ3v) is 11.8. The van der Waals surface area contributed by atoms with Crippen LogP contribution >= 0.6 is 0 Å². The van der Waals surface area contributed by atoms with E-state index < -0.39 is 41.8 Å². The van der Waals surface area contributed by atoms with E-state index in [9.17, 15) is 33.2 Å². The quantitative estimate of drug-likeness (QED) is 0.107. The minimum atomic E-state index is -1.06. The number of imide groups is 1. The number of halogens is 1. The molecule has 1 saturated carbocycles. The van der Waals surface area contributed by atoms with Gasteiger partial charge in [-0.25, -0.2) is 23.8 Å². The van der Waals surface area contributed by atoms with E-state index in [-0.39, 0.29) is 54.1 Å². The number of hydrogen-bond acceptors (Lipinski definition) is 11. The third-order valence-electron chi connectivity index (χ3n) is 11.8. The van der Waals surface area contributed by atoms with Crippen molar-refractivity contribution in [1.82, 2.24) is 49.2 Å². The number of amides is 4. The predicted octanol–water partition coefficient (Wildman–Crippen LogP) is 1.75. The van der Waals surface area contributed by atoms with Crippen molar-refractivity contribution < 1.29 is 23.6 Å². The Bertz CT molecular complexity index is 2860. The van der Waals surface area contributed by atoms with Crippen LogP contribution in [0.25, 0.3) is 22.5 Å². The molecular weight excluding hydrogens is 800 g/mol. The van der Waals surface area contributed by atoms with Gasteiger partial charge >= 0.3 is 5.69 Å². The van der Waals surface area contributed by atoms with Gasteiger partial charge in [0.2, 0.25) is 11.8 Å². The predicted molar refractivity (Wildman–Crippen MR) is 225 cm³/mol. The first-order chi connectivity index (χ1) is 30.0. The number of anilines is 1. The number of nitrogens with one attached hydrogen (secondary N) is 5. The van der Waals surface area contributed by atoms with Gasteiger partial charge in [0.1, 0.15) is 35.6 Å². The summed E-state index contributed by atoms with van der Waals surface area (Å²) >= 11 is 0. The fourth-order valence-electron chi connectivity index (χ4n) is 8.26. The van der Waals surface area contributed by atoms with Crippen LogP contribution in [0.2, 0.25) is 0 Å². The molecule has 4 amide bonds. The summed E-state index contributed by atoms with van der Waals surface area (Å²) in [6.45, 7) is 1.09. The number of piperidine rings is 2. The molecule has 7 heterocycles. The zero-order chi connectivity index (χ0) is 43.2. The van der Waals surface area contributed by atoms with Crippen molar-refractivity contribution >= 4 is 46.0 Å². The zero-order valence-corrected chi connectivity index (χ0v) is 33.9. The van der Waals surface area contributed by atoms with Crippen molar-refractivity contribution in [3.63, 3.8) is 0 Å². The second kappa shape index (κ2) is 16.2. The largest absolute Gasteiger partial charge is 0.385 e. The van der Waals surface area contributed by atoms with E-state index in [1.165, 1.54) is 30.8 Å². The Balaban J connectivity index is 0.817. The number of alkyl halides is 1. The average molecular weight is 843 g/mol. The first-order valence-corrected chi connectivity index (χ1v) is 20.4. The number of hydrogen-bond donors (Lipinski definition) is 5. The average Bonchev–Trinajstić information content (AvgIpc) is 3.68. The number of rotatable bonds is 9. The molecule has 1 aliphatic carbocycles. The maximum absolute atomic E-state index is 13.7. The molecule has 318 valence electrons. The Hall–Kier alpha value is -7.49. The molecule has 2 saturated heterocycles. The molecule has 62 heavy (non-hydrogen) atoms. The van der Waals surface area contributed by atoms with Crippen LogP contribution in [0.5, 0.6) is 0 Å². The van der Waals surface area contributed by atoms with Gasteiger partial charge in [-0.2, -0.15) is 0 Å². The molecule has 2 unspecified atom stereocenters. The number of imidazole rings is 2. The van der Waals surface area contributed by atoms with E-state index in [1.54, 1.807) is 67.7 Å². The second-order valence-corrected chi connectivity index (χ2v) is 15.8. The van der Waals surface area contributed by atoms with Crippen LogP contribution in [-0.2, 0) is 16.6 Å². The van der Waals surface area contributed by atoms with Crippen molar-refractivity contribution in [2.45, 2.75) is 62.9 Å². The number of carbonyl (C=O) groups is 4. The summed E-state index contributed by atoms with van der Waals surface area (Å²) in [5.41, 5.74) is 5.72. The van der Waals surface area contributed by atoms with Crippen molar-refractivity contribution in [3.8, 4) is 17.7 Å². The van der Waals surface area contributed by atoms with Gasteiger partial charge in [-0.3, -0.25) is 48.4 Å². The molecule has 18 nitrogen and oxygen atoms in total. The first-order valence-electron chi connectivity index (χ1n) is 20.4. The van der Waals surface area contributed by atoms with Gasteiger partial charge in [0.25, 0.3) is 17.4 Å². The number of benzene rings is 1. The van der Waals surface area contributed by atoms with Crippen LogP contribution in [0.4, 0.5) is 10.1 Å². The number of fused-ring (bicyclic) bond motifs is 2. The van der Waals surface area contributed by atoms with Crippen LogP contribution in [0, 0.1) is 17.8 Å². The Labute approximate surface area is 353 Å². The fourth-order valence-corrected chi connectivity index (χ4v) is 8.26. The molecule has 5 N–H and O–H groups in total. The lowest BCUT2D eigenvalue weighted by Crippen LogP contribution is -2.44. The smallest absolute Gasteiger partial charge is 0.329 e. The summed E-state index contributed by atoms with van der Waals surface area (Å²) in [6, 6.07) is 10.7. The zero-order valence-electron chi connectivity index (χ0n) is 33.9. The van der Waals surface area contributed by atoms with Gasteiger partial charge < -0.3 is 20.9 Å². The van der Waals surface area contributed by atoms with Gasteiger partial charge in [-0.15, -0.1) is 0 Å². The standard InChI is InChI=1S/C43H43FN12O6/c1-45-30-21-34(51-56-33(23-47-38(30)56)40(59)49-29-20-27(29)44)48-28-9-5-17-54(42(28)61)35-13-11-26(22-46-35)41(60)53-18-15-24(16-19-53)6-3-7-25-8-4-10-31-37(25)52(2)43(62)55(31)32-12-14-36(57)50-39(32)58/h4-5,8-11,13,17,21-24,27,29,32,34,45,48,51H,6,12,14-16,18-20H2,1-2H3,(H,49,59)(H,50,57,58)/t27-,29+,32?,34?/m0/s1. The van der Waals surface area contributed by atoms with Crippen LogP contribution < -0.4 is 37.9 Å². The third kappa shape index (κ3) is 7.48. The lowest BCUT2D eigenvalue weighted by atomic mass is 9.93. The van der Waals surface area contributed by atoms with Gasteiger partial charge in [0.15, 0.2) is 5.82 Å². The van der Waals surface area contributed by atoms with Gasteiger partial charge in [0.05, 0.1) is 40.1 Å². The number of likely N-dealkylation sites (tertiary alicyclic amines) is 1. The minimum Gasteiger partial charge on any atom is -0.385 e. The van der Waals surface area contributed by atoms with E-state index in [4.69, 9.17) is 0 Å². The molecule has 19 heteroatoms. The normalized spacial score (nSPS) is 20.9. The van der Waals surface area contributed by atoms with E-state index in [0.717, 1.165) is 12.8 Å². The molecular formula is C43H43FN12O6. The van der Waals surface area contributed by atoms with E-state index >= 15 is 0 Å². The van der Waals surface area contributed by atoms with Crippen molar-refractivity contribution in [2.24, 2.45) is 13.0 Å². The number of aryl methyl sites for hydroxylation is 1. The highest BCUT2D eigenvalue weighted by Crippen LogP contribution is 2.28. The van der Waals surface area contributed by atoms with E-state index in [0.29, 0.717) is 59.0 Å². The molecule has 0 bridgehead atoms. The molecule has 3 aliphatic heterocycles. The SMILES string of the molecule is CNC1=CC(Nc2cccn(-c3ccc(C(=O)N4CCC(CC#Cc5cccc6c5n(C)c(=O)n6C5CCC(=O)NC5=O)CC4)cn3)c2=O)Nn2c(C(=O)N[C@@H]3C[C@@H]3F)cnc21. The summed E-state index contributed by atoms with van der Waals surface area (Å²) in [7, 11) is 3.36. The van der Waals surface area contributed by atoms with Crippen molar-refractivity contribution in [3.05, 3.63) is 111 Å². The highest BCUT2D eigenvalue weighted by molar-refractivity contribution is 6.00. The molecule has 3 fully saturated rings. The molecule has 5 aromatic rings. The van der Waals surface area contributed by atoms with Gasteiger partial charge in [0, 0.05) is 58.8 Å². The van der Waals surface area contributed by atoms with Crippen molar-refractivity contribution in [2.75, 3.05) is 30.9 Å². The Morgan fingerprint density at radius 1 is 1.00 bits per heavy atom. The monoisotopic (exact) mass is 842 g/mol. The molecule has 9 rings (SSSR count). The van der Waals surface area contributed by atoms with Crippen LogP contribution in [0.3, 0.4) is 0 Å². The Kier molecular flexibility index (Phi) is 10.4. The molecule has 4 aromatic heterocycles. The maximum Gasteiger partial charge on any atom is 0.329 e. The molecule has 1 aromatic carbocycles. The van der Waals surface area contributed by atoms with Crippen LogP contribution in [0.1, 0.15) is 76.8 Å². The molecule has 0 spiro atoms. The maximum atomic E-state index is 13.7. The van der Waals surface area contributed by atoms with E-state index in [2.05, 4.69) is 48.5 Å². The summed E-state index contributed by atoms with van der Waals surface area (Å²) in [5.74, 6) is 6.09. The van der Waals surface area contributed by atoms with Crippen LogP contribution in [-0.4, -0.2) is 95.4 Å². The number of pyridine rings is 2. The highest BCUT2D eigenvalue weighted by Gasteiger charge is 2.40. The lowest BCUT2D eigenvalue weighted by Gasteiger charge is -2.31. The Morgan fingerprint density at radius 3 is 2.53 bits per heavy atom. The van der Waals surface area contributed by atoms with Crippen molar-refractivity contribution in [1.29, 1.82) is 0 Å². The van der Waals surface area contributed by atoms with E-state index in [1.807, 2.05) is 6.07 Å². The number of para-hydroxylation sites is 1. The molecule has 4 aliphatic rings. The highest BCUT2D eigenvalue weighted by atomic mass is 19.1. The summed E-state index contributed by atoms with van der Waals surface area (Å²) < 4.78 is 19.3. The van der Waals surface area contributed by atoms with Crippen LogP contribution in [0.15, 0.2) is 76.7 Å². The summed E-state index contributed by atoms with van der Waals surface area (Å²) in [6.07, 6.45) is 7.34. The van der Waals surface area contributed by atoms with Gasteiger partial charge in [-0.05, 0) is 67.7 Å².